The van der Waals surface area contributed by atoms with Crippen LogP contribution in [0, 0.1) is 18.6 Å². The van der Waals surface area contributed by atoms with Crippen LogP contribution in [0.4, 0.5) is 8.78 Å². The van der Waals surface area contributed by atoms with Crippen LogP contribution in [0.5, 0.6) is 0 Å². The van der Waals surface area contributed by atoms with Crippen LogP contribution in [0.15, 0.2) is 54.1 Å². The average Bonchev–Trinajstić information content (AvgIpc) is 2.86. The maximum absolute atomic E-state index is 13.7. The van der Waals surface area contributed by atoms with Crippen LogP contribution in [-0.2, 0) is 29.6 Å². The van der Waals surface area contributed by atoms with Gasteiger partial charge in [0, 0.05) is 17.2 Å². The molecule has 0 aromatic heterocycles. The molecule has 0 fully saturated rings. The highest BCUT2D eigenvalue weighted by atomic mass is 32.2. The van der Waals surface area contributed by atoms with E-state index in [1.807, 2.05) is 6.92 Å². The Bertz CT molecular complexity index is 1030. The van der Waals surface area contributed by atoms with Gasteiger partial charge < -0.3 is 14.7 Å². The Morgan fingerprint density at radius 1 is 1.15 bits per heavy atom. The Hall–Kier alpha value is -2.94. The predicted molar refractivity (Wildman–Crippen MR) is 91.3 cm³/mol. The highest BCUT2D eigenvalue weighted by Gasteiger charge is 2.39. The molecule has 0 spiro atoms. The minimum atomic E-state index is -4.43. The van der Waals surface area contributed by atoms with Crippen molar-refractivity contribution in [3.63, 3.8) is 0 Å². The van der Waals surface area contributed by atoms with E-state index in [1.165, 1.54) is 0 Å². The molecule has 2 aromatic carbocycles. The third kappa shape index (κ3) is 4.08. The lowest BCUT2D eigenvalue weighted by molar-refractivity contribution is -0.123. The average molecular weight is 395 g/mol. The lowest BCUT2D eigenvalue weighted by Crippen LogP contribution is -2.16. The third-order valence-electron chi connectivity index (χ3n) is 3.87. The molecule has 9 heteroatoms. The van der Waals surface area contributed by atoms with Crippen LogP contribution >= 0.6 is 0 Å². The molecule has 1 unspecified atom stereocenters. The number of ether oxygens (including phenoxy) is 1. The van der Waals surface area contributed by atoms with Gasteiger partial charge in [0.15, 0.2) is 6.10 Å². The van der Waals surface area contributed by atoms with Crippen molar-refractivity contribution < 1.29 is 30.9 Å². The van der Waals surface area contributed by atoms with Gasteiger partial charge in [-0.2, -0.15) is 8.42 Å². The summed E-state index contributed by atoms with van der Waals surface area (Å²) in [6.07, 6.45) is -1.13. The van der Waals surface area contributed by atoms with Gasteiger partial charge in [-0.15, -0.1) is 0 Å². The van der Waals surface area contributed by atoms with Gasteiger partial charge in [0.05, 0.1) is 0 Å². The quantitative estimate of drug-likeness (QED) is 0.782. The summed E-state index contributed by atoms with van der Waals surface area (Å²) in [4.78, 5) is 12.5. The van der Waals surface area contributed by atoms with Crippen LogP contribution in [0.25, 0.3) is 0 Å². The molecular weight excluding hydrogens is 380 g/mol. The van der Waals surface area contributed by atoms with Crippen molar-refractivity contribution in [1.82, 2.24) is 0 Å². The molecule has 27 heavy (non-hydrogen) atoms. The zero-order valence-corrected chi connectivity index (χ0v) is 14.9. The van der Waals surface area contributed by atoms with Gasteiger partial charge in [0.1, 0.15) is 17.4 Å². The van der Waals surface area contributed by atoms with Gasteiger partial charge in [0.25, 0.3) is 0 Å². The first-order valence-electron chi connectivity index (χ1n) is 7.79. The van der Waals surface area contributed by atoms with Crippen molar-refractivity contribution >= 4 is 15.9 Å². The molecule has 0 bridgehead atoms. The number of halogens is 2. The predicted octanol–water partition coefficient (Wildman–Crippen LogP) is 2.59. The number of carbonyl (C=O) groups excluding carboxylic acids is 1. The van der Waals surface area contributed by atoms with Gasteiger partial charge >= 0.3 is 10.1 Å². The summed E-state index contributed by atoms with van der Waals surface area (Å²) in [5, 5.41) is 0. The third-order valence-corrected chi connectivity index (χ3v) is 4.95. The van der Waals surface area contributed by atoms with Gasteiger partial charge in [0.2, 0.25) is 17.4 Å². The zero-order chi connectivity index (χ0) is 19.8. The Kier molecular flexibility index (Phi) is 4.88. The molecule has 3 rings (SSSR count). The number of hydrogen-bond acceptors (Lipinski definition) is 6. The van der Waals surface area contributed by atoms with Gasteiger partial charge in [-0.25, -0.2) is 8.78 Å². The van der Waals surface area contributed by atoms with E-state index in [0.29, 0.717) is 11.6 Å². The number of benzene rings is 2. The van der Waals surface area contributed by atoms with E-state index in [2.05, 4.69) is 0 Å². The molecule has 6 nitrogen and oxygen atoms in total. The molecule has 0 aliphatic carbocycles. The Morgan fingerprint density at radius 3 is 2.44 bits per heavy atom. The van der Waals surface area contributed by atoms with E-state index >= 15 is 0 Å². The molecule has 2 N–H and O–H groups in total. The van der Waals surface area contributed by atoms with E-state index in [1.54, 1.807) is 24.3 Å². The van der Waals surface area contributed by atoms with Crippen LogP contribution in [0.2, 0.25) is 0 Å². The molecule has 142 valence electrons. The van der Waals surface area contributed by atoms with Crippen molar-refractivity contribution in [1.29, 1.82) is 0 Å². The summed E-state index contributed by atoms with van der Waals surface area (Å²) in [7, 11) is -4.43. The maximum atomic E-state index is 13.7. The maximum Gasteiger partial charge on any atom is 0.313 e. The van der Waals surface area contributed by atoms with Gasteiger partial charge in [-0.1, -0.05) is 35.9 Å². The van der Waals surface area contributed by atoms with Crippen LogP contribution < -0.4 is 5.73 Å². The van der Waals surface area contributed by atoms with Crippen molar-refractivity contribution in [3.05, 3.63) is 82.4 Å². The van der Waals surface area contributed by atoms with E-state index in [4.69, 9.17) is 14.7 Å². The topological polar surface area (TPSA) is 95.7 Å². The van der Waals surface area contributed by atoms with E-state index in [0.717, 1.165) is 17.7 Å². The second-order valence-corrected chi connectivity index (χ2v) is 7.56. The molecule has 0 saturated heterocycles. The SMILES string of the molecule is Cc1ccc(C2OC(N)=C(OS(=O)(=O)Cc3ccc(F)cc3F)C2=O)cc1. The molecule has 0 amide bonds. The molecule has 0 radical (unpaired) electrons. The van der Waals surface area contributed by atoms with Crippen molar-refractivity contribution in [2.75, 3.05) is 0 Å². The van der Waals surface area contributed by atoms with Crippen LogP contribution in [0.3, 0.4) is 0 Å². The number of Topliss-reactive ketones (excluding diaryl/α,β-unsaturated/α-hetero) is 1. The summed E-state index contributed by atoms with van der Waals surface area (Å²) in [6.45, 7) is 1.86. The van der Waals surface area contributed by atoms with Crippen molar-refractivity contribution in [2.45, 2.75) is 18.8 Å². The highest BCUT2D eigenvalue weighted by molar-refractivity contribution is 7.86. The Labute approximate surface area is 154 Å². The first-order chi connectivity index (χ1) is 12.7. The standard InChI is InChI=1S/C18H15F2NO5S/c1-10-2-4-11(5-3-10)16-15(22)17(18(21)25-16)26-27(23,24)9-12-6-7-13(19)8-14(12)20/h2-8,16H,9,21H2,1H3. The fraction of sp³-hybridized carbons (Fsp3) is 0.167. The second kappa shape index (κ2) is 6.99. The zero-order valence-electron chi connectivity index (χ0n) is 14.1. The van der Waals surface area contributed by atoms with Crippen molar-refractivity contribution in [3.8, 4) is 0 Å². The summed E-state index contributed by atoms with van der Waals surface area (Å²) in [5.74, 6) is -4.70. The van der Waals surface area contributed by atoms with Crippen LogP contribution in [-0.4, -0.2) is 14.2 Å². The number of carbonyl (C=O) groups is 1. The lowest BCUT2D eigenvalue weighted by atomic mass is 10.0. The fourth-order valence-electron chi connectivity index (χ4n) is 2.50. The highest BCUT2D eigenvalue weighted by Crippen LogP contribution is 2.33. The minimum Gasteiger partial charge on any atom is -0.460 e. The lowest BCUT2D eigenvalue weighted by Gasteiger charge is -2.10. The molecule has 2 aromatic rings. The van der Waals surface area contributed by atoms with E-state index < -0.39 is 51.0 Å². The molecular formula is C18H15F2NO5S. The second-order valence-electron chi connectivity index (χ2n) is 5.99. The molecule has 1 atom stereocenters. The van der Waals surface area contributed by atoms with Crippen molar-refractivity contribution in [2.24, 2.45) is 5.73 Å². The number of rotatable bonds is 5. The first kappa shape index (κ1) is 18.8. The van der Waals surface area contributed by atoms with Gasteiger partial charge in [-0.3, -0.25) is 4.79 Å². The summed E-state index contributed by atoms with van der Waals surface area (Å²) in [6, 6.07) is 9.26. The Balaban J connectivity index is 1.78. The van der Waals surface area contributed by atoms with Crippen LogP contribution in [0.1, 0.15) is 22.8 Å². The number of aryl methyl sites for hydroxylation is 1. The normalized spacial score (nSPS) is 17.1. The summed E-state index contributed by atoms with van der Waals surface area (Å²) in [5.41, 5.74) is 6.74. The van der Waals surface area contributed by atoms with E-state index in [-0.39, 0.29) is 5.56 Å². The summed E-state index contributed by atoms with van der Waals surface area (Å²) >= 11 is 0. The van der Waals surface area contributed by atoms with Gasteiger partial charge in [-0.05, 0) is 13.0 Å². The number of hydrogen-bond donors (Lipinski definition) is 1. The number of nitrogens with two attached hydrogens (primary N) is 1. The molecule has 1 heterocycles. The summed E-state index contributed by atoms with van der Waals surface area (Å²) < 4.78 is 61.0. The monoisotopic (exact) mass is 395 g/mol. The minimum absolute atomic E-state index is 0.308. The van der Waals surface area contributed by atoms with E-state index in [9.17, 15) is 22.0 Å². The number of ketones is 1. The molecule has 1 aliphatic heterocycles. The smallest absolute Gasteiger partial charge is 0.313 e. The fourth-order valence-corrected chi connectivity index (χ4v) is 3.60. The first-order valence-corrected chi connectivity index (χ1v) is 9.37. The molecule has 1 aliphatic rings. The largest absolute Gasteiger partial charge is 0.460 e. The Morgan fingerprint density at radius 2 is 1.81 bits per heavy atom. The molecule has 0 saturated carbocycles.